The second-order valence-electron chi connectivity index (χ2n) is 26.9. The first-order chi connectivity index (χ1) is 55.0. The van der Waals surface area contributed by atoms with Crippen molar-refractivity contribution in [3.63, 3.8) is 0 Å². The monoisotopic (exact) mass is 2520 g/mol. The van der Waals surface area contributed by atoms with Crippen LogP contribution < -0.4 is 84.9 Å². The third-order valence-corrected chi connectivity index (χ3v) is 38.5. The van der Waals surface area contributed by atoms with Gasteiger partial charge < -0.3 is 0 Å². The summed E-state index contributed by atoms with van der Waals surface area (Å²) in [5.74, 6) is 0. The van der Waals surface area contributed by atoms with E-state index in [1.54, 1.807) is 0 Å². The average molecular weight is 2520 g/mol. The molecule has 0 saturated heterocycles. The summed E-state index contributed by atoms with van der Waals surface area (Å²) in [6.07, 6.45) is 0. The van der Waals surface area contributed by atoms with Crippen LogP contribution in [0.4, 0.5) is 0 Å². The van der Waals surface area contributed by atoms with Gasteiger partial charge in [-0.05, 0) is 194 Å². The van der Waals surface area contributed by atoms with Crippen LogP contribution in [0, 0.1) is 0 Å². The van der Waals surface area contributed by atoms with Crippen molar-refractivity contribution < 1.29 is 81.7 Å². The van der Waals surface area contributed by atoms with Gasteiger partial charge in [-0.1, -0.05) is 291 Å². The van der Waals surface area contributed by atoms with Gasteiger partial charge in [-0.15, -0.1) is 0 Å². The second kappa shape index (κ2) is 69.0. The maximum absolute atomic E-state index is 2.34. The molecule has 16 heteroatoms. The van der Waals surface area contributed by atoms with Gasteiger partial charge in [0.15, 0.2) is 0 Å². The number of rotatable bonds is 16. The zero-order valence-corrected chi connectivity index (χ0v) is 94.4. The first-order valence-corrected chi connectivity index (χ1v) is 54.6. The molecule has 0 unspecified atom stereocenters. The van der Waals surface area contributed by atoms with E-state index >= 15 is 0 Å². The van der Waals surface area contributed by atoms with Gasteiger partial charge in [0.2, 0.25) is 0 Å². The summed E-state index contributed by atoms with van der Waals surface area (Å²) in [6, 6.07) is 172. The summed E-state index contributed by atoms with van der Waals surface area (Å²) < 4.78 is 0. The van der Waals surface area contributed by atoms with Gasteiger partial charge in [-0.25, -0.2) is 0 Å². The van der Waals surface area contributed by atoms with Crippen LogP contribution in [0.3, 0.4) is 0 Å². The fourth-order valence-electron chi connectivity index (χ4n) is 12.3. The molecule has 0 N–H and O–H groups in total. The molecule has 0 heterocycles. The summed E-state index contributed by atoms with van der Waals surface area (Å²) in [6.45, 7) is 18.7. The molecule has 0 bridgehead atoms. The van der Waals surface area contributed by atoms with Crippen LogP contribution in [0.2, 0.25) is 0 Å². The molecule has 16 aromatic rings. The number of hydrogen-bond donors (Lipinski definition) is 0. The Morgan fingerprint density at radius 2 is 0.142 bits per heavy atom. The van der Waals surface area contributed by atoms with Gasteiger partial charge >= 0.3 is 48.9 Å². The molecule has 16 aromatic carbocycles. The van der Waals surface area contributed by atoms with Gasteiger partial charge in [0.05, 0.1) is 202 Å². The molecule has 16 rings (SSSR count). The van der Waals surface area contributed by atoms with Gasteiger partial charge in [0.1, 0.15) is 0 Å². The van der Waals surface area contributed by atoms with Crippen LogP contribution in [-0.4, -0.2) is 151 Å². The maximum atomic E-state index is 2.34. The molecule has 0 aliphatic rings. The molecule has 622 valence electrons. The van der Waals surface area contributed by atoms with Crippen LogP contribution in [0.15, 0.2) is 485 Å². The molecule has 0 nitrogen and oxygen atoms in total. The Morgan fingerprint density at radius 1 is 0.100 bits per heavy atom. The molecule has 0 amide bonds. The van der Waals surface area contributed by atoms with E-state index in [-0.39, 0.29) is 179 Å². The van der Waals surface area contributed by atoms with Gasteiger partial charge in [-0.3, -0.25) is 0 Å². The van der Waals surface area contributed by atoms with Crippen LogP contribution in [-0.2, 0) is 81.7 Å². The third kappa shape index (κ3) is 41.8. The Morgan fingerprint density at radius 3 is 0.183 bits per heavy atom. The van der Waals surface area contributed by atoms with E-state index in [0.29, 0.717) is 0 Å². The van der Waals surface area contributed by atoms with Crippen LogP contribution in [0.5, 0.6) is 0 Å². The van der Waals surface area contributed by atoms with Crippen molar-refractivity contribution in [2.45, 2.75) is 0 Å². The van der Waals surface area contributed by atoms with E-state index in [9.17, 15) is 0 Å². The van der Waals surface area contributed by atoms with Crippen molar-refractivity contribution in [3.8, 4) is 0 Å². The molecule has 0 atom stereocenters. The van der Waals surface area contributed by atoms with Crippen molar-refractivity contribution in [3.05, 3.63) is 485 Å². The minimum atomic E-state index is -0.545. The molecular formula is C104H114P8Pd4Sb4+8. The Hall–Kier alpha value is -3.12. The van der Waals surface area contributed by atoms with E-state index in [1.165, 1.54) is 84.9 Å². The van der Waals surface area contributed by atoms with E-state index < -0.39 is 63.4 Å². The Kier molecular flexibility index (Phi) is 66.1. The van der Waals surface area contributed by atoms with Gasteiger partial charge in [0, 0.05) is 131 Å². The van der Waals surface area contributed by atoms with Gasteiger partial charge in [-0.2, -0.15) is 0 Å². The number of benzene rings is 16. The summed E-state index contributed by atoms with van der Waals surface area (Å²) in [5, 5.41) is 23.6. The van der Waals surface area contributed by atoms with Crippen molar-refractivity contribution in [1.82, 2.24) is 0 Å². The normalized spacial score (nSPS) is 9.73. The van der Waals surface area contributed by atoms with Gasteiger partial charge in [0.25, 0.3) is 0 Å². The second-order valence-corrected chi connectivity index (χ2v) is 46.1. The first-order valence-electron chi connectivity index (χ1n) is 38.6. The largest absolute Gasteiger partial charge is 0 e. The topological polar surface area (TPSA) is 0 Å². The molecule has 0 aromatic heterocycles. The van der Waals surface area contributed by atoms with Crippen LogP contribution in [0.25, 0.3) is 0 Å². The fraction of sp³-hybridized carbons (Fsp3) is 0.0769. The predicted molar refractivity (Wildman–Crippen MR) is 557 cm³/mol. The van der Waals surface area contributed by atoms with Crippen molar-refractivity contribution in [2.75, 3.05) is 53.3 Å². The Balaban J connectivity index is 0.000000679. The minimum absolute atomic E-state index is 0. The van der Waals surface area contributed by atoms with Crippen molar-refractivity contribution in [1.29, 1.82) is 0 Å². The molecule has 0 fully saturated rings. The predicted octanol–water partition coefficient (Wildman–Crippen LogP) is 17.8. The Bertz CT molecular complexity index is 3750. The zero-order chi connectivity index (χ0) is 78.4. The van der Waals surface area contributed by atoms with E-state index in [1.807, 2.05) is 0 Å². The van der Waals surface area contributed by atoms with Crippen molar-refractivity contribution >= 4 is 246 Å². The standard InChI is InChI=1S/8C13H13P.4Pd.4Sb.2H/c8*1-14(12-8-4-2-5-9-12)13-10-6-3-7-11-13;;;;;;;;;;/h8*2-11H,1H3;;;;;;;;;;/p+8. The molecule has 0 saturated carbocycles. The average Bonchev–Trinajstić information content (AvgIpc) is 0.918. The molecule has 0 spiro atoms. The van der Waals surface area contributed by atoms with E-state index in [0.717, 1.165) is 0 Å². The smallest absolute Gasteiger partial charge is 0 e. The first kappa shape index (κ1) is 115. The zero-order valence-electron chi connectivity index (χ0n) is 69.3. The summed E-state index contributed by atoms with van der Waals surface area (Å²) >= 11 is 0. The maximum Gasteiger partial charge on any atom is 0 e. The molecule has 0 aliphatic heterocycles. The van der Waals surface area contributed by atoms with E-state index in [2.05, 4.69) is 539 Å². The van der Waals surface area contributed by atoms with Crippen LogP contribution >= 0.6 is 63.4 Å². The summed E-state index contributed by atoms with van der Waals surface area (Å²) in [5.41, 5.74) is 0. The molecule has 10 radical (unpaired) electrons. The summed E-state index contributed by atoms with van der Waals surface area (Å²) in [7, 11) is -4.36. The van der Waals surface area contributed by atoms with Crippen LogP contribution in [0.1, 0.15) is 0 Å². The quantitative estimate of drug-likeness (QED) is 0.0668. The van der Waals surface area contributed by atoms with Crippen molar-refractivity contribution in [2.24, 2.45) is 0 Å². The minimum Gasteiger partial charge on any atom is 0 e. The SMILES string of the molecule is C[PH+](c1ccccc1)c1ccccc1.C[PH+](c1ccccc1)c1ccccc1.C[PH+](c1ccccc1)c1ccccc1.C[PH+](c1ccccc1)c1ccccc1.C[PH+](c1ccccc1)c1ccccc1.C[PH+](c1ccccc1)c1ccccc1.C[PH+](c1ccccc1)c1ccccc1.C[PH+](c1ccccc1)c1ccccc1.[Pd].[Pd].[Pd].[Pd].[SbH].[SbH].[Sb].[Sb]. The summed E-state index contributed by atoms with van der Waals surface area (Å²) in [4.78, 5) is 0. The molecule has 120 heavy (non-hydrogen) atoms. The Labute approximate surface area is 855 Å². The molecular weight excluding hydrogens is 2410 g/mol. The molecule has 0 aliphatic carbocycles. The van der Waals surface area contributed by atoms with E-state index in [4.69, 9.17) is 0 Å². The fourth-order valence-corrected chi connectivity index (χ4v) is 26.1. The number of hydrogen-bond acceptors (Lipinski definition) is 0. The third-order valence-electron chi connectivity index (χ3n) is 19.3.